The van der Waals surface area contributed by atoms with E-state index >= 15 is 0 Å². The van der Waals surface area contributed by atoms with Crippen LogP contribution < -0.4 is 4.90 Å². The number of aromatic nitrogens is 3. The fourth-order valence-corrected chi connectivity index (χ4v) is 4.78. The predicted octanol–water partition coefficient (Wildman–Crippen LogP) is 5.18. The molecule has 174 valence electrons. The Morgan fingerprint density at radius 3 is 2.76 bits per heavy atom. The summed E-state index contributed by atoms with van der Waals surface area (Å²) in [6.45, 7) is 7.47. The van der Waals surface area contributed by atoms with Crippen LogP contribution in [-0.2, 0) is 11.5 Å². The number of pyridine rings is 1. The van der Waals surface area contributed by atoms with Gasteiger partial charge in [-0.3, -0.25) is 0 Å². The normalized spacial score (nSPS) is 18.8. The molecule has 3 heterocycles. The number of hydrogen-bond donors (Lipinski definition) is 0. The van der Waals surface area contributed by atoms with Crippen LogP contribution in [0.5, 0.6) is 0 Å². The molecule has 1 aromatic carbocycles. The Bertz CT molecular complexity index is 1200. The van der Waals surface area contributed by atoms with Crippen molar-refractivity contribution in [1.82, 2.24) is 14.8 Å². The molecule has 1 fully saturated rings. The van der Waals surface area contributed by atoms with E-state index in [-0.39, 0.29) is 25.3 Å². The molecule has 1 saturated heterocycles. The summed E-state index contributed by atoms with van der Waals surface area (Å²) in [5, 5.41) is 14.5. The van der Waals surface area contributed by atoms with E-state index in [0.717, 1.165) is 24.2 Å². The maximum absolute atomic E-state index is 14.6. The van der Waals surface area contributed by atoms with Gasteiger partial charge in [-0.25, -0.2) is 22.8 Å². The zero-order valence-electron chi connectivity index (χ0n) is 18.9. The lowest BCUT2D eigenvalue weighted by atomic mass is 10.0. The molecule has 0 unspecified atom stereocenters. The van der Waals surface area contributed by atoms with Crippen LogP contribution >= 0.6 is 0 Å². The Balaban J connectivity index is 1.72. The Labute approximate surface area is 191 Å². The predicted molar refractivity (Wildman–Crippen MR) is 122 cm³/mol. The third-order valence-corrected chi connectivity index (χ3v) is 7.45. The minimum absolute atomic E-state index is 0.00675. The van der Waals surface area contributed by atoms with Crippen LogP contribution in [0.25, 0.3) is 11.0 Å². The van der Waals surface area contributed by atoms with Crippen molar-refractivity contribution in [1.29, 1.82) is 5.26 Å². The summed E-state index contributed by atoms with van der Waals surface area (Å²) in [4.78, 5) is 6.00. The van der Waals surface area contributed by atoms with Gasteiger partial charge in [0.05, 0.1) is 23.5 Å². The van der Waals surface area contributed by atoms with Crippen LogP contribution in [-0.4, -0.2) is 42.2 Å². The fourth-order valence-electron chi connectivity index (χ4n) is 4.02. The zero-order valence-corrected chi connectivity index (χ0v) is 19.9. The standard InChI is InChI=1S/C23H26F3N5OSi/c1-33(2,3)7-6-32-14-31-22-19(8-15(11-27)12-28-22)23(29-31)30-13-17(25)10-21(30)18-9-16(24)4-5-20(18)26/h4-5,8-9,12,17,21H,6-7,10,13-14H2,1-3H3/t17-,21+/m0/s1. The number of nitrogens with zero attached hydrogens (tertiary/aromatic N) is 5. The highest BCUT2D eigenvalue weighted by Gasteiger charge is 2.37. The molecule has 0 amide bonds. The minimum Gasteiger partial charge on any atom is -0.359 e. The van der Waals surface area contributed by atoms with Crippen molar-refractivity contribution in [2.24, 2.45) is 0 Å². The summed E-state index contributed by atoms with van der Waals surface area (Å²) in [7, 11) is -1.26. The van der Waals surface area contributed by atoms with Crippen LogP contribution in [0.2, 0.25) is 25.7 Å². The monoisotopic (exact) mass is 473 g/mol. The van der Waals surface area contributed by atoms with Crippen LogP contribution in [0.3, 0.4) is 0 Å². The summed E-state index contributed by atoms with van der Waals surface area (Å²) in [5.74, 6) is -0.819. The molecule has 0 bridgehead atoms. The number of ether oxygens (including phenoxy) is 1. The van der Waals surface area contributed by atoms with Gasteiger partial charge in [0.25, 0.3) is 0 Å². The second kappa shape index (κ2) is 9.15. The van der Waals surface area contributed by atoms with Crippen LogP contribution in [0, 0.1) is 23.0 Å². The first-order valence-corrected chi connectivity index (χ1v) is 14.6. The van der Waals surface area contributed by atoms with E-state index in [2.05, 4.69) is 35.8 Å². The van der Waals surface area contributed by atoms with Crippen molar-refractivity contribution in [3.8, 4) is 6.07 Å². The van der Waals surface area contributed by atoms with E-state index in [9.17, 15) is 18.4 Å². The molecule has 33 heavy (non-hydrogen) atoms. The topological polar surface area (TPSA) is 67.0 Å². The van der Waals surface area contributed by atoms with Crippen molar-refractivity contribution in [2.45, 2.75) is 51.1 Å². The largest absolute Gasteiger partial charge is 0.359 e. The quantitative estimate of drug-likeness (QED) is 0.349. The summed E-state index contributed by atoms with van der Waals surface area (Å²) < 4.78 is 50.4. The van der Waals surface area contributed by atoms with Crippen molar-refractivity contribution in [3.63, 3.8) is 0 Å². The lowest BCUT2D eigenvalue weighted by Gasteiger charge is -2.25. The SMILES string of the molecule is C[Si](C)(C)CCOCn1nc(N2C[C@@H](F)C[C@@H]2c2cc(F)ccc2F)c2cc(C#N)cnc21. The molecule has 0 aliphatic carbocycles. The first kappa shape index (κ1) is 23.3. The number of hydrogen-bond acceptors (Lipinski definition) is 5. The van der Waals surface area contributed by atoms with Crippen molar-refractivity contribution < 1.29 is 17.9 Å². The molecule has 1 aliphatic heterocycles. The summed E-state index contributed by atoms with van der Waals surface area (Å²) in [5.41, 5.74) is 0.888. The number of halogens is 3. The molecule has 0 N–H and O–H groups in total. The Hall–Kier alpha value is -2.90. The van der Waals surface area contributed by atoms with Gasteiger partial charge in [-0.05, 0) is 30.3 Å². The van der Waals surface area contributed by atoms with Crippen LogP contribution in [0.1, 0.15) is 23.6 Å². The fraction of sp³-hybridized carbons (Fsp3) is 0.435. The van der Waals surface area contributed by atoms with E-state index in [4.69, 9.17) is 4.74 Å². The van der Waals surface area contributed by atoms with Gasteiger partial charge in [-0.2, -0.15) is 10.4 Å². The third kappa shape index (κ3) is 5.04. The highest BCUT2D eigenvalue weighted by Crippen LogP contribution is 2.40. The maximum Gasteiger partial charge on any atom is 0.162 e. The first-order valence-electron chi connectivity index (χ1n) is 10.9. The van der Waals surface area contributed by atoms with Crippen LogP contribution in [0.15, 0.2) is 30.5 Å². The molecule has 1 aliphatic rings. The van der Waals surface area contributed by atoms with E-state index in [1.807, 2.05) is 0 Å². The number of nitriles is 1. The molecular weight excluding hydrogens is 447 g/mol. The maximum atomic E-state index is 14.6. The highest BCUT2D eigenvalue weighted by atomic mass is 28.3. The van der Waals surface area contributed by atoms with Crippen molar-refractivity contribution in [3.05, 3.63) is 53.2 Å². The molecule has 0 saturated carbocycles. The molecule has 3 aromatic rings. The van der Waals surface area contributed by atoms with E-state index < -0.39 is 31.9 Å². The summed E-state index contributed by atoms with van der Waals surface area (Å²) in [6, 6.07) is 7.13. The molecule has 4 rings (SSSR count). The number of benzene rings is 1. The smallest absolute Gasteiger partial charge is 0.162 e. The average molecular weight is 474 g/mol. The molecule has 0 spiro atoms. The molecular formula is C23H26F3N5OSi. The Kier molecular flexibility index (Phi) is 6.45. The van der Waals surface area contributed by atoms with Gasteiger partial charge in [0, 0.05) is 32.9 Å². The second-order valence-electron chi connectivity index (χ2n) is 9.55. The number of fused-ring (bicyclic) bond motifs is 1. The lowest BCUT2D eigenvalue weighted by molar-refractivity contribution is 0.0814. The zero-order chi connectivity index (χ0) is 23.8. The third-order valence-electron chi connectivity index (χ3n) is 5.75. The van der Waals surface area contributed by atoms with Gasteiger partial charge >= 0.3 is 0 Å². The first-order chi connectivity index (χ1) is 15.7. The molecule has 0 radical (unpaired) electrons. The Morgan fingerprint density at radius 2 is 2.03 bits per heavy atom. The highest BCUT2D eigenvalue weighted by molar-refractivity contribution is 6.76. The van der Waals surface area contributed by atoms with E-state index in [0.29, 0.717) is 29.0 Å². The summed E-state index contributed by atoms with van der Waals surface area (Å²) >= 11 is 0. The average Bonchev–Trinajstić information content (AvgIpc) is 3.32. The number of rotatable bonds is 7. The van der Waals surface area contributed by atoms with Gasteiger partial charge < -0.3 is 9.64 Å². The van der Waals surface area contributed by atoms with Crippen LogP contribution in [0.4, 0.5) is 19.0 Å². The number of anilines is 1. The van der Waals surface area contributed by atoms with Gasteiger partial charge in [-0.1, -0.05) is 19.6 Å². The van der Waals surface area contributed by atoms with Crippen molar-refractivity contribution >= 4 is 24.9 Å². The second-order valence-corrected chi connectivity index (χ2v) is 15.2. The van der Waals surface area contributed by atoms with Gasteiger partial charge in [0.15, 0.2) is 11.5 Å². The Morgan fingerprint density at radius 1 is 1.24 bits per heavy atom. The van der Waals surface area contributed by atoms with E-state index in [1.54, 1.807) is 15.6 Å². The van der Waals surface area contributed by atoms with Gasteiger partial charge in [0.2, 0.25) is 0 Å². The van der Waals surface area contributed by atoms with E-state index in [1.165, 1.54) is 6.20 Å². The van der Waals surface area contributed by atoms with Crippen molar-refractivity contribution in [2.75, 3.05) is 18.1 Å². The molecule has 2 aromatic heterocycles. The lowest BCUT2D eigenvalue weighted by Crippen LogP contribution is -2.25. The minimum atomic E-state index is -1.26. The molecule has 10 heteroatoms. The van der Waals surface area contributed by atoms with Gasteiger partial charge in [0.1, 0.15) is 30.6 Å². The molecule has 2 atom stereocenters. The molecule has 6 nitrogen and oxygen atoms in total. The number of alkyl halides is 1. The summed E-state index contributed by atoms with van der Waals surface area (Å²) in [6.07, 6.45) is 0.211. The van der Waals surface area contributed by atoms with Gasteiger partial charge in [-0.15, -0.1) is 0 Å².